The summed E-state index contributed by atoms with van der Waals surface area (Å²) in [5.74, 6) is 1.65. The Kier molecular flexibility index (Phi) is 3.38. The fourth-order valence-electron chi connectivity index (χ4n) is 5.10. The van der Waals surface area contributed by atoms with Crippen LogP contribution in [0.2, 0.25) is 5.02 Å². The number of benzene rings is 1. The molecule has 0 N–H and O–H groups in total. The van der Waals surface area contributed by atoms with Crippen LogP contribution in [-0.4, -0.2) is 41.5 Å². The molecule has 0 unspecified atom stereocenters. The predicted octanol–water partition coefficient (Wildman–Crippen LogP) is 3.90. The average Bonchev–Trinajstić information content (AvgIpc) is 3.26. The number of aromatic nitrogens is 2. The van der Waals surface area contributed by atoms with E-state index >= 15 is 0 Å². The van der Waals surface area contributed by atoms with Gasteiger partial charge in [-0.3, -0.25) is 0 Å². The summed E-state index contributed by atoms with van der Waals surface area (Å²) in [4.78, 5) is 14.2. The van der Waals surface area contributed by atoms with Crippen LogP contribution in [0.5, 0.6) is 0 Å². The number of aryl methyl sites for hydroxylation is 1. The minimum Gasteiger partial charge on any atom is -0.325 e. The van der Waals surface area contributed by atoms with E-state index in [0.29, 0.717) is 5.92 Å². The first-order chi connectivity index (χ1) is 12.1. The van der Waals surface area contributed by atoms with Crippen molar-refractivity contribution in [2.24, 2.45) is 0 Å². The van der Waals surface area contributed by atoms with Crippen LogP contribution in [0.3, 0.4) is 0 Å². The smallest absolute Gasteiger partial charge is 0.140 e. The third-order valence-electron chi connectivity index (χ3n) is 6.33. The molecule has 5 heteroatoms. The molecule has 0 bridgehead atoms. The Morgan fingerprint density at radius 3 is 2.92 bits per heavy atom. The van der Waals surface area contributed by atoms with Crippen molar-refractivity contribution in [3.8, 4) is 0 Å². The molecule has 4 nitrogen and oxygen atoms in total. The lowest BCUT2D eigenvalue weighted by Gasteiger charge is -2.26. The molecule has 1 fully saturated rings. The van der Waals surface area contributed by atoms with Crippen molar-refractivity contribution in [1.29, 1.82) is 0 Å². The zero-order valence-electron chi connectivity index (χ0n) is 14.8. The van der Waals surface area contributed by atoms with Crippen molar-refractivity contribution in [3.05, 3.63) is 46.4 Å². The van der Waals surface area contributed by atoms with E-state index in [2.05, 4.69) is 40.9 Å². The highest BCUT2D eigenvalue weighted by Crippen LogP contribution is 2.51. The zero-order chi connectivity index (χ0) is 17.2. The topological polar surface area (TPSA) is 32.3 Å². The lowest BCUT2D eigenvalue weighted by atomic mass is 9.81. The van der Waals surface area contributed by atoms with Gasteiger partial charge in [0.2, 0.25) is 0 Å². The van der Waals surface area contributed by atoms with Gasteiger partial charge in [0.25, 0.3) is 0 Å². The van der Waals surface area contributed by atoms with E-state index in [1.807, 2.05) is 6.07 Å². The van der Waals surface area contributed by atoms with E-state index < -0.39 is 0 Å². The molecular weight excluding hydrogens is 332 g/mol. The third kappa shape index (κ3) is 2.24. The van der Waals surface area contributed by atoms with E-state index in [0.717, 1.165) is 36.9 Å². The minimum atomic E-state index is 0.161. The molecule has 3 aliphatic rings. The fourth-order valence-corrected chi connectivity index (χ4v) is 5.27. The molecule has 1 aromatic heterocycles. The first-order valence-electron chi connectivity index (χ1n) is 9.17. The Morgan fingerprint density at radius 2 is 2.12 bits per heavy atom. The first kappa shape index (κ1) is 15.6. The van der Waals surface area contributed by atoms with Crippen molar-refractivity contribution in [3.63, 3.8) is 0 Å². The van der Waals surface area contributed by atoms with Gasteiger partial charge >= 0.3 is 0 Å². The molecule has 1 aromatic carbocycles. The van der Waals surface area contributed by atoms with E-state index in [-0.39, 0.29) is 5.41 Å². The van der Waals surface area contributed by atoms with Crippen LogP contribution in [0.1, 0.15) is 42.5 Å². The average molecular weight is 355 g/mol. The van der Waals surface area contributed by atoms with Gasteiger partial charge < -0.3 is 9.80 Å². The van der Waals surface area contributed by atoms with Crippen LogP contribution in [0.4, 0.5) is 11.5 Å². The number of nitrogens with zero attached hydrogens (tertiary/aromatic N) is 4. The van der Waals surface area contributed by atoms with Gasteiger partial charge in [-0.1, -0.05) is 18.5 Å². The monoisotopic (exact) mass is 354 g/mol. The maximum atomic E-state index is 6.37. The Morgan fingerprint density at radius 1 is 1.24 bits per heavy atom. The molecule has 0 radical (unpaired) electrons. The number of hydrogen-bond acceptors (Lipinski definition) is 4. The lowest BCUT2D eigenvalue weighted by Crippen LogP contribution is -2.34. The minimum absolute atomic E-state index is 0.161. The van der Waals surface area contributed by atoms with Gasteiger partial charge in [0, 0.05) is 40.5 Å². The summed E-state index contributed by atoms with van der Waals surface area (Å²) in [6.45, 7) is 5.51. The summed E-state index contributed by atoms with van der Waals surface area (Å²) in [6, 6.07) is 6.37. The van der Waals surface area contributed by atoms with Crippen molar-refractivity contribution < 1.29 is 0 Å². The van der Waals surface area contributed by atoms with Gasteiger partial charge in [0.05, 0.1) is 0 Å². The molecule has 3 heterocycles. The maximum Gasteiger partial charge on any atom is 0.140 e. The van der Waals surface area contributed by atoms with Gasteiger partial charge in [0.1, 0.15) is 12.1 Å². The van der Waals surface area contributed by atoms with E-state index in [9.17, 15) is 0 Å². The second-order valence-electron chi connectivity index (χ2n) is 8.01. The Balaban J connectivity index is 1.67. The summed E-state index contributed by atoms with van der Waals surface area (Å²) in [5.41, 5.74) is 5.42. The van der Waals surface area contributed by atoms with Gasteiger partial charge in [-0.05, 0) is 62.5 Å². The summed E-state index contributed by atoms with van der Waals surface area (Å²) >= 11 is 6.37. The van der Waals surface area contributed by atoms with Gasteiger partial charge in [-0.15, -0.1) is 0 Å². The summed E-state index contributed by atoms with van der Waals surface area (Å²) in [7, 11) is 2.21. The summed E-state index contributed by atoms with van der Waals surface area (Å²) in [6.07, 6.45) is 5.17. The van der Waals surface area contributed by atoms with Gasteiger partial charge in [-0.25, -0.2) is 9.97 Å². The van der Waals surface area contributed by atoms with Crippen molar-refractivity contribution in [2.75, 3.05) is 31.6 Å². The number of fused-ring (bicyclic) bond motifs is 3. The Bertz CT molecular complexity index is 852. The molecule has 0 amide bonds. The molecule has 5 rings (SSSR count). The van der Waals surface area contributed by atoms with E-state index in [1.165, 1.54) is 35.3 Å². The van der Waals surface area contributed by atoms with Crippen LogP contribution in [0, 0.1) is 0 Å². The maximum absolute atomic E-state index is 6.37. The molecule has 2 atom stereocenters. The van der Waals surface area contributed by atoms with Crippen LogP contribution < -0.4 is 4.90 Å². The molecule has 1 aliphatic carbocycles. The van der Waals surface area contributed by atoms with E-state index in [4.69, 9.17) is 16.6 Å². The van der Waals surface area contributed by atoms with Crippen LogP contribution in [0.25, 0.3) is 0 Å². The van der Waals surface area contributed by atoms with Crippen LogP contribution in [0.15, 0.2) is 24.5 Å². The quantitative estimate of drug-likeness (QED) is 0.777. The Hall–Kier alpha value is -1.65. The number of rotatable bonds is 1. The SMILES string of the molecule is C[C@@H]1CCc2ncnc(N3C[C@@]4(CCN(C)C4)c4cc(Cl)ccc43)c21. The normalized spacial score (nSPS) is 28.0. The van der Waals surface area contributed by atoms with Crippen molar-refractivity contribution in [2.45, 2.75) is 37.5 Å². The van der Waals surface area contributed by atoms with Crippen molar-refractivity contribution >= 4 is 23.1 Å². The van der Waals surface area contributed by atoms with Crippen LogP contribution in [-0.2, 0) is 11.8 Å². The molecule has 130 valence electrons. The van der Waals surface area contributed by atoms with Gasteiger partial charge in [0.15, 0.2) is 0 Å². The standard InChI is InChI=1S/C20H23ClN4/c1-13-3-5-16-18(13)19(23-12-22-16)25-11-20(7-8-24(2)10-20)15-9-14(21)4-6-17(15)25/h4,6,9,12-13H,3,5,7-8,10-11H2,1-2H3/t13-,20+/m1/s1. The number of anilines is 2. The highest BCUT2D eigenvalue weighted by molar-refractivity contribution is 6.30. The molecule has 0 saturated carbocycles. The zero-order valence-corrected chi connectivity index (χ0v) is 15.6. The van der Waals surface area contributed by atoms with Crippen molar-refractivity contribution in [1.82, 2.24) is 14.9 Å². The molecule has 2 aliphatic heterocycles. The number of likely N-dealkylation sites (N-methyl/N-ethyl adjacent to an activating group) is 1. The number of hydrogen-bond donors (Lipinski definition) is 0. The Labute approximate surface area is 153 Å². The summed E-state index contributed by atoms with van der Waals surface area (Å²) < 4.78 is 0. The molecular formula is C20H23ClN4. The fraction of sp³-hybridized carbons (Fsp3) is 0.500. The predicted molar refractivity (Wildman–Crippen MR) is 101 cm³/mol. The third-order valence-corrected chi connectivity index (χ3v) is 6.57. The summed E-state index contributed by atoms with van der Waals surface area (Å²) in [5, 5.41) is 0.829. The molecule has 1 spiro atoms. The first-order valence-corrected chi connectivity index (χ1v) is 9.55. The second kappa shape index (κ2) is 5.42. The van der Waals surface area contributed by atoms with Gasteiger partial charge in [-0.2, -0.15) is 0 Å². The second-order valence-corrected chi connectivity index (χ2v) is 8.45. The largest absolute Gasteiger partial charge is 0.325 e. The highest BCUT2D eigenvalue weighted by atomic mass is 35.5. The molecule has 25 heavy (non-hydrogen) atoms. The number of likely N-dealkylation sites (tertiary alicyclic amines) is 1. The molecule has 2 aromatic rings. The highest BCUT2D eigenvalue weighted by Gasteiger charge is 2.48. The van der Waals surface area contributed by atoms with E-state index in [1.54, 1.807) is 6.33 Å². The lowest BCUT2D eigenvalue weighted by molar-refractivity contribution is 0.378. The van der Waals surface area contributed by atoms with Crippen LogP contribution >= 0.6 is 11.6 Å². The number of halogens is 1. The molecule has 1 saturated heterocycles.